The number of amides is 1. The van der Waals surface area contributed by atoms with Gasteiger partial charge in [0.15, 0.2) is 11.5 Å². The monoisotopic (exact) mass is 304 g/mol. The Kier molecular flexibility index (Phi) is 5.85. The van der Waals surface area contributed by atoms with Crippen molar-refractivity contribution in [1.29, 1.82) is 0 Å². The number of aliphatic carboxylic acids is 1. The molecule has 0 saturated carbocycles. The van der Waals surface area contributed by atoms with E-state index in [0.717, 1.165) is 6.07 Å². The van der Waals surface area contributed by atoms with Gasteiger partial charge in [0.1, 0.15) is 0 Å². The first-order valence-corrected chi connectivity index (χ1v) is 5.74. The van der Waals surface area contributed by atoms with E-state index in [1.165, 1.54) is 19.2 Å². The number of carboxylic acid groups (broad SMARTS) is 1. The van der Waals surface area contributed by atoms with Gasteiger partial charge in [-0.1, -0.05) is 0 Å². The van der Waals surface area contributed by atoms with Gasteiger partial charge in [0, 0.05) is 11.8 Å². The average Bonchev–Trinajstić information content (AvgIpc) is 2.37. The van der Waals surface area contributed by atoms with Gasteiger partial charge in [-0.2, -0.15) is 8.78 Å². The van der Waals surface area contributed by atoms with E-state index in [0.29, 0.717) is 0 Å². The van der Waals surface area contributed by atoms with Crippen molar-refractivity contribution >= 4 is 17.6 Å². The minimum absolute atomic E-state index is 0.0585. The van der Waals surface area contributed by atoms with Crippen molar-refractivity contribution < 1.29 is 33.0 Å². The van der Waals surface area contributed by atoms with E-state index in [4.69, 9.17) is 15.6 Å². The maximum Gasteiger partial charge on any atom is 0.387 e. The smallest absolute Gasteiger partial charge is 0.387 e. The van der Waals surface area contributed by atoms with Crippen molar-refractivity contribution in [1.82, 2.24) is 0 Å². The van der Waals surface area contributed by atoms with Crippen LogP contribution in [0.2, 0.25) is 0 Å². The first-order valence-electron chi connectivity index (χ1n) is 5.74. The Morgan fingerprint density at radius 1 is 1.38 bits per heavy atom. The molecule has 1 atom stereocenters. The Bertz CT molecular complexity index is 524. The fourth-order valence-electron chi connectivity index (χ4n) is 1.46. The number of hydrogen-bond donors (Lipinski definition) is 3. The number of nitrogens with two attached hydrogens (primary N) is 1. The summed E-state index contributed by atoms with van der Waals surface area (Å²) >= 11 is 0. The number of carbonyl (C=O) groups is 2. The van der Waals surface area contributed by atoms with Crippen LogP contribution in [0.1, 0.15) is 6.42 Å². The maximum absolute atomic E-state index is 12.3. The van der Waals surface area contributed by atoms with Crippen molar-refractivity contribution in [3.63, 3.8) is 0 Å². The van der Waals surface area contributed by atoms with Crippen LogP contribution in [0.3, 0.4) is 0 Å². The summed E-state index contributed by atoms with van der Waals surface area (Å²) in [6.07, 6.45) is -0.553. The molecule has 0 heterocycles. The van der Waals surface area contributed by atoms with Crippen LogP contribution in [0.4, 0.5) is 14.5 Å². The molecule has 0 aromatic heterocycles. The molecule has 1 aromatic carbocycles. The highest BCUT2D eigenvalue weighted by Crippen LogP contribution is 2.31. The van der Waals surface area contributed by atoms with Gasteiger partial charge < -0.3 is 25.6 Å². The van der Waals surface area contributed by atoms with Crippen molar-refractivity contribution in [3.8, 4) is 11.5 Å². The number of methoxy groups -OCH3 is 1. The summed E-state index contributed by atoms with van der Waals surface area (Å²) in [6.45, 7) is -3.06. The molecule has 9 heteroatoms. The second-order valence-corrected chi connectivity index (χ2v) is 3.94. The molecule has 1 amide bonds. The Balaban J connectivity index is 2.84. The van der Waals surface area contributed by atoms with E-state index in [1.54, 1.807) is 0 Å². The Labute approximate surface area is 118 Å². The molecule has 1 rings (SSSR count). The highest BCUT2D eigenvalue weighted by molar-refractivity contribution is 5.96. The second kappa shape index (κ2) is 7.39. The standard InChI is InChI=1S/C12H14F2N2O5/c1-20-8-3-2-6(4-9(8)21-12(13)14)16-11(19)7(15)5-10(17)18/h2-4,7,12H,5,15H2,1H3,(H,16,19)(H,17,18). The minimum atomic E-state index is -3.06. The third-order valence-corrected chi connectivity index (χ3v) is 2.38. The zero-order valence-electron chi connectivity index (χ0n) is 11.0. The van der Waals surface area contributed by atoms with Crippen molar-refractivity contribution in [2.45, 2.75) is 19.1 Å². The molecule has 116 valence electrons. The molecule has 1 unspecified atom stereocenters. The molecule has 4 N–H and O–H groups in total. The molecule has 0 saturated heterocycles. The van der Waals surface area contributed by atoms with Crippen LogP contribution in [0, 0.1) is 0 Å². The molecule has 1 aromatic rings. The topological polar surface area (TPSA) is 111 Å². The predicted molar refractivity (Wildman–Crippen MR) is 68.5 cm³/mol. The highest BCUT2D eigenvalue weighted by atomic mass is 19.3. The summed E-state index contributed by atoms with van der Waals surface area (Å²) in [5.41, 5.74) is 5.49. The summed E-state index contributed by atoms with van der Waals surface area (Å²) in [6, 6.07) is 2.55. The van der Waals surface area contributed by atoms with E-state index >= 15 is 0 Å². The third-order valence-electron chi connectivity index (χ3n) is 2.38. The van der Waals surface area contributed by atoms with Gasteiger partial charge in [-0.3, -0.25) is 9.59 Å². The van der Waals surface area contributed by atoms with E-state index in [9.17, 15) is 18.4 Å². The number of rotatable bonds is 7. The Hall–Kier alpha value is -2.42. The van der Waals surface area contributed by atoms with Gasteiger partial charge in [0.05, 0.1) is 19.6 Å². The number of carbonyl (C=O) groups excluding carboxylic acids is 1. The molecule has 0 bridgehead atoms. The molecule has 0 aliphatic heterocycles. The number of alkyl halides is 2. The van der Waals surface area contributed by atoms with Crippen LogP contribution in [-0.2, 0) is 9.59 Å². The van der Waals surface area contributed by atoms with E-state index < -0.39 is 31.0 Å². The molecule has 0 radical (unpaired) electrons. The van der Waals surface area contributed by atoms with Crippen LogP contribution >= 0.6 is 0 Å². The van der Waals surface area contributed by atoms with Crippen molar-refractivity contribution in [2.24, 2.45) is 5.73 Å². The lowest BCUT2D eigenvalue weighted by Gasteiger charge is -2.13. The lowest BCUT2D eigenvalue weighted by atomic mass is 10.2. The molecular weight excluding hydrogens is 290 g/mol. The lowest BCUT2D eigenvalue weighted by Crippen LogP contribution is -2.37. The second-order valence-electron chi connectivity index (χ2n) is 3.94. The van der Waals surface area contributed by atoms with Gasteiger partial charge in [-0.15, -0.1) is 0 Å². The molecule has 0 aliphatic carbocycles. The normalized spacial score (nSPS) is 11.9. The Morgan fingerprint density at radius 2 is 2.05 bits per heavy atom. The van der Waals surface area contributed by atoms with Gasteiger partial charge in [-0.05, 0) is 12.1 Å². The van der Waals surface area contributed by atoms with Gasteiger partial charge in [-0.25, -0.2) is 0 Å². The van der Waals surface area contributed by atoms with E-state index in [-0.39, 0.29) is 17.2 Å². The number of halogens is 2. The van der Waals surface area contributed by atoms with Gasteiger partial charge in [0.25, 0.3) is 0 Å². The fraction of sp³-hybridized carbons (Fsp3) is 0.333. The van der Waals surface area contributed by atoms with Gasteiger partial charge in [0.2, 0.25) is 5.91 Å². The lowest BCUT2D eigenvalue weighted by molar-refractivity contribution is -0.138. The molecule has 0 spiro atoms. The van der Waals surface area contributed by atoms with Crippen molar-refractivity contribution in [3.05, 3.63) is 18.2 Å². The van der Waals surface area contributed by atoms with E-state index in [2.05, 4.69) is 10.1 Å². The first kappa shape index (κ1) is 16.6. The molecule has 21 heavy (non-hydrogen) atoms. The largest absolute Gasteiger partial charge is 0.493 e. The first-order chi connectivity index (χ1) is 9.83. The SMILES string of the molecule is COc1ccc(NC(=O)C(N)CC(=O)O)cc1OC(F)F. The quantitative estimate of drug-likeness (QED) is 0.694. The average molecular weight is 304 g/mol. The van der Waals surface area contributed by atoms with E-state index in [1.807, 2.05) is 0 Å². The zero-order valence-corrected chi connectivity index (χ0v) is 11.0. The minimum Gasteiger partial charge on any atom is -0.493 e. The number of hydrogen-bond acceptors (Lipinski definition) is 5. The molecular formula is C12H14F2N2O5. The number of anilines is 1. The fourth-order valence-corrected chi connectivity index (χ4v) is 1.46. The number of ether oxygens (including phenoxy) is 2. The van der Waals surface area contributed by atoms with Crippen molar-refractivity contribution in [2.75, 3.05) is 12.4 Å². The van der Waals surface area contributed by atoms with Gasteiger partial charge >= 0.3 is 12.6 Å². The van der Waals surface area contributed by atoms with Crippen LogP contribution in [0.5, 0.6) is 11.5 Å². The molecule has 0 aliphatic rings. The van der Waals surface area contributed by atoms with Crippen LogP contribution in [0.25, 0.3) is 0 Å². The number of benzene rings is 1. The summed E-state index contributed by atoms with van der Waals surface area (Å²) in [4.78, 5) is 22.1. The summed E-state index contributed by atoms with van der Waals surface area (Å²) in [7, 11) is 1.27. The third kappa shape index (κ3) is 5.22. The summed E-state index contributed by atoms with van der Waals surface area (Å²) in [5.74, 6) is -2.19. The number of nitrogens with one attached hydrogen (secondary N) is 1. The van der Waals surface area contributed by atoms with Crippen LogP contribution in [0.15, 0.2) is 18.2 Å². The zero-order chi connectivity index (χ0) is 16.0. The summed E-state index contributed by atoms with van der Waals surface area (Å²) in [5, 5.41) is 10.8. The molecule has 0 fully saturated rings. The van der Waals surface area contributed by atoms with Crippen LogP contribution in [-0.4, -0.2) is 36.7 Å². The molecule has 7 nitrogen and oxygen atoms in total. The highest BCUT2D eigenvalue weighted by Gasteiger charge is 2.18. The maximum atomic E-state index is 12.3. The Morgan fingerprint density at radius 3 is 2.57 bits per heavy atom. The van der Waals surface area contributed by atoms with Crippen LogP contribution < -0.4 is 20.5 Å². The predicted octanol–water partition coefficient (Wildman–Crippen LogP) is 1.04. The summed E-state index contributed by atoms with van der Waals surface area (Å²) < 4.78 is 33.6. The number of carboxylic acids is 1.